The van der Waals surface area contributed by atoms with Crippen LogP contribution in [-0.4, -0.2) is 29.2 Å². The van der Waals surface area contributed by atoms with Crippen molar-refractivity contribution in [1.29, 1.82) is 0 Å². The van der Waals surface area contributed by atoms with Crippen LogP contribution < -0.4 is 0 Å². The Balaban J connectivity index is 3.97. The van der Waals surface area contributed by atoms with E-state index in [-0.39, 0.29) is 5.92 Å². The molecule has 14 heavy (non-hydrogen) atoms. The quantitative estimate of drug-likeness (QED) is 0.675. The zero-order valence-corrected chi connectivity index (χ0v) is 11.3. The van der Waals surface area contributed by atoms with Gasteiger partial charge in [0.2, 0.25) is 5.91 Å². The van der Waals surface area contributed by atoms with Crippen LogP contribution in [0.5, 0.6) is 0 Å². The first kappa shape index (κ1) is 13.9. The molecule has 2 nitrogen and oxygen atoms in total. The monoisotopic (exact) mass is 263 g/mol. The predicted molar refractivity (Wildman–Crippen MR) is 64.7 cm³/mol. The zero-order valence-electron chi connectivity index (χ0n) is 9.72. The molecule has 0 heterocycles. The fourth-order valence-corrected chi connectivity index (χ4v) is 1.64. The molecule has 0 N–H and O–H groups in total. The van der Waals surface area contributed by atoms with Crippen LogP contribution in [0.15, 0.2) is 0 Å². The highest BCUT2D eigenvalue weighted by molar-refractivity contribution is 9.09. The molecule has 0 aliphatic heterocycles. The van der Waals surface area contributed by atoms with Gasteiger partial charge >= 0.3 is 0 Å². The number of halogens is 1. The Morgan fingerprint density at radius 3 is 2.21 bits per heavy atom. The summed E-state index contributed by atoms with van der Waals surface area (Å²) < 4.78 is 0. The van der Waals surface area contributed by atoms with E-state index in [2.05, 4.69) is 36.7 Å². The van der Waals surface area contributed by atoms with E-state index >= 15 is 0 Å². The highest BCUT2D eigenvalue weighted by atomic mass is 79.9. The molecule has 0 saturated carbocycles. The smallest absolute Gasteiger partial charge is 0.225 e. The van der Waals surface area contributed by atoms with Gasteiger partial charge in [-0.2, -0.15) is 0 Å². The van der Waals surface area contributed by atoms with Gasteiger partial charge in [-0.3, -0.25) is 4.79 Å². The van der Waals surface area contributed by atoms with Crippen LogP contribution in [0.25, 0.3) is 0 Å². The summed E-state index contributed by atoms with van der Waals surface area (Å²) in [4.78, 5) is 14.2. The molecule has 84 valence electrons. The minimum absolute atomic E-state index is 0.214. The van der Waals surface area contributed by atoms with Gasteiger partial charge in [0, 0.05) is 24.3 Å². The van der Waals surface area contributed by atoms with Crippen molar-refractivity contribution < 1.29 is 4.79 Å². The lowest BCUT2D eigenvalue weighted by atomic mass is 10.0. The van der Waals surface area contributed by atoms with Gasteiger partial charge in [-0.1, -0.05) is 36.7 Å². The maximum atomic E-state index is 11.8. The summed E-state index contributed by atoms with van der Waals surface area (Å²) in [6, 6.07) is 0. The van der Waals surface area contributed by atoms with E-state index < -0.39 is 0 Å². The maximum Gasteiger partial charge on any atom is 0.225 e. The molecule has 0 aromatic rings. The first-order chi connectivity index (χ1) is 6.52. The van der Waals surface area contributed by atoms with Crippen LogP contribution in [0.3, 0.4) is 0 Å². The van der Waals surface area contributed by atoms with Crippen molar-refractivity contribution in [3.63, 3.8) is 0 Å². The van der Waals surface area contributed by atoms with E-state index in [1.165, 1.54) is 0 Å². The van der Waals surface area contributed by atoms with E-state index in [1.807, 2.05) is 11.9 Å². The topological polar surface area (TPSA) is 20.3 Å². The van der Waals surface area contributed by atoms with Gasteiger partial charge < -0.3 is 4.90 Å². The Labute approximate surface area is 96.2 Å². The van der Waals surface area contributed by atoms with Gasteiger partial charge in [0.15, 0.2) is 0 Å². The lowest BCUT2D eigenvalue weighted by Crippen LogP contribution is -2.33. The van der Waals surface area contributed by atoms with Crippen molar-refractivity contribution in [2.24, 2.45) is 5.92 Å². The molecule has 0 aromatic carbocycles. The van der Waals surface area contributed by atoms with Crippen LogP contribution in [-0.2, 0) is 4.79 Å². The first-order valence-electron chi connectivity index (χ1n) is 5.41. The number of amides is 1. The second-order valence-corrected chi connectivity index (χ2v) is 5.41. The van der Waals surface area contributed by atoms with E-state index in [0.29, 0.717) is 10.7 Å². The number of carbonyl (C=O) groups excluding carboxylic acids is 1. The van der Waals surface area contributed by atoms with Gasteiger partial charge in [0.25, 0.3) is 0 Å². The minimum Gasteiger partial charge on any atom is -0.345 e. The Hall–Kier alpha value is -0.0500. The van der Waals surface area contributed by atoms with Crippen LogP contribution in [0.4, 0.5) is 0 Å². The van der Waals surface area contributed by atoms with Gasteiger partial charge in [0.05, 0.1) is 0 Å². The number of nitrogens with zero attached hydrogens (tertiary/aromatic N) is 1. The van der Waals surface area contributed by atoms with Gasteiger partial charge in [-0.25, -0.2) is 0 Å². The Kier molecular flexibility index (Phi) is 7.24. The summed E-state index contributed by atoms with van der Waals surface area (Å²) in [5.41, 5.74) is 0. The third-order valence-electron chi connectivity index (χ3n) is 2.57. The summed E-state index contributed by atoms with van der Waals surface area (Å²) in [5, 5.41) is 0. The molecule has 0 fully saturated rings. The van der Waals surface area contributed by atoms with Crippen LogP contribution >= 0.6 is 15.9 Å². The highest BCUT2D eigenvalue weighted by Crippen LogP contribution is 2.12. The fraction of sp³-hybridized carbons (Fsp3) is 0.909. The second kappa shape index (κ2) is 7.27. The largest absolute Gasteiger partial charge is 0.345 e. The van der Waals surface area contributed by atoms with E-state index in [4.69, 9.17) is 0 Å². The number of alkyl halides is 1. The molecule has 0 aromatic heterocycles. The summed E-state index contributed by atoms with van der Waals surface area (Å²) >= 11 is 3.49. The Morgan fingerprint density at radius 1 is 1.36 bits per heavy atom. The number of hydrogen-bond acceptors (Lipinski definition) is 1. The van der Waals surface area contributed by atoms with E-state index in [1.54, 1.807) is 0 Å². The first-order valence-corrected chi connectivity index (χ1v) is 6.33. The average Bonchev–Trinajstić information content (AvgIpc) is 2.15. The van der Waals surface area contributed by atoms with Gasteiger partial charge in [-0.05, 0) is 19.3 Å². The summed E-state index contributed by atoms with van der Waals surface area (Å²) in [6.45, 7) is 7.11. The third-order valence-corrected chi connectivity index (χ3v) is 3.03. The molecule has 3 heteroatoms. The maximum absolute atomic E-state index is 11.8. The molecular weight excluding hydrogens is 242 g/mol. The Morgan fingerprint density at radius 2 is 1.86 bits per heavy atom. The minimum atomic E-state index is 0.214. The highest BCUT2D eigenvalue weighted by Gasteiger charge is 2.18. The fourth-order valence-electron chi connectivity index (χ4n) is 1.43. The van der Waals surface area contributed by atoms with Crippen LogP contribution in [0.1, 0.15) is 40.0 Å². The summed E-state index contributed by atoms with van der Waals surface area (Å²) in [5.74, 6) is 0.508. The molecule has 1 atom stereocenters. The molecular formula is C11H22BrNO. The van der Waals surface area contributed by atoms with Crippen LogP contribution in [0.2, 0.25) is 0 Å². The van der Waals surface area contributed by atoms with Gasteiger partial charge in [0.1, 0.15) is 0 Å². The van der Waals surface area contributed by atoms with E-state index in [0.717, 1.165) is 25.8 Å². The molecule has 0 bridgehead atoms. The molecule has 0 radical (unpaired) electrons. The molecule has 1 unspecified atom stereocenters. The van der Waals surface area contributed by atoms with Crippen molar-refractivity contribution in [3.05, 3.63) is 0 Å². The Bertz CT molecular complexity index is 167. The van der Waals surface area contributed by atoms with Crippen molar-refractivity contribution in [2.45, 2.75) is 44.9 Å². The molecule has 1 amide bonds. The zero-order chi connectivity index (χ0) is 11.1. The molecule has 0 aliphatic carbocycles. The molecule has 0 aliphatic rings. The third kappa shape index (κ3) is 4.99. The van der Waals surface area contributed by atoms with Crippen LogP contribution in [0, 0.1) is 5.92 Å². The van der Waals surface area contributed by atoms with Crippen molar-refractivity contribution in [2.75, 3.05) is 13.6 Å². The summed E-state index contributed by atoms with van der Waals surface area (Å²) in [7, 11) is 1.90. The number of hydrogen-bond donors (Lipinski definition) is 0. The molecule has 0 spiro atoms. The van der Waals surface area contributed by atoms with Gasteiger partial charge in [-0.15, -0.1) is 0 Å². The summed E-state index contributed by atoms with van der Waals surface area (Å²) in [6.07, 6.45) is 2.91. The van der Waals surface area contributed by atoms with Crippen molar-refractivity contribution >= 4 is 21.8 Å². The molecule has 0 rings (SSSR count). The second-order valence-electron chi connectivity index (χ2n) is 3.84. The average molecular weight is 264 g/mol. The number of rotatable bonds is 6. The standard InChI is InChI=1S/C11H22BrNO/c1-5-10(6-2)11(14)13(4)8-7-9(3)12/h9-10H,5-8H2,1-4H3. The lowest BCUT2D eigenvalue weighted by Gasteiger charge is -2.22. The number of carbonyl (C=O) groups is 1. The van der Waals surface area contributed by atoms with E-state index in [9.17, 15) is 4.79 Å². The van der Waals surface area contributed by atoms with Crippen molar-refractivity contribution in [1.82, 2.24) is 4.90 Å². The predicted octanol–water partition coefficient (Wildman–Crippen LogP) is 3.05. The SMILES string of the molecule is CCC(CC)C(=O)N(C)CCC(C)Br. The molecule has 0 saturated heterocycles. The van der Waals surface area contributed by atoms with Crippen molar-refractivity contribution in [3.8, 4) is 0 Å². The lowest BCUT2D eigenvalue weighted by molar-refractivity contribution is -0.134. The normalized spacial score (nSPS) is 13.0.